The van der Waals surface area contributed by atoms with Crippen LogP contribution in [0.25, 0.3) is 0 Å². The van der Waals surface area contributed by atoms with Crippen molar-refractivity contribution in [3.05, 3.63) is 59.4 Å². The van der Waals surface area contributed by atoms with Crippen LogP contribution in [-0.4, -0.2) is 5.91 Å². The van der Waals surface area contributed by atoms with Gasteiger partial charge in [-0.2, -0.15) is 0 Å². The third kappa shape index (κ3) is 3.05. The maximum atomic E-state index is 13.2. The van der Waals surface area contributed by atoms with E-state index in [1.807, 2.05) is 30.3 Å². The van der Waals surface area contributed by atoms with Crippen LogP contribution in [-0.2, 0) is 11.2 Å². The number of anilines is 2. The van der Waals surface area contributed by atoms with Crippen LogP contribution >= 0.6 is 0 Å². The summed E-state index contributed by atoms with van der Waals surface area (Å²) < 4.78 is 13.2. The van der Waals surface area contributed by atoms with Crippen LogP contribution in [0.2, 0.25) is 0 Å². The van der Waals surface area contributed by atoms with Crippen LogP contribution < -0.4 is 10.6 Å². The Balaban J connectivity index is 1.72. The number of halogens is 1. The van der Waals surface area contributed by atoms with Crippen LogP contribution in [0, 0.1) is 5.82 Å². The molecule has 1 unspecified atom stereocenters. The molecule has 0 aromatic heterocycles. The van der Waals surface area contributed by atoms with Crippen molar-refractivity contribution in [2.75, 3.05) is 10.6 Å². The quantitative estimate of drug-likeness (QED) is 0.898. The first-order chi connectivity index (χ1) is 10.1. The molecule has 21 heavy (non-hydrogen) atoms. The van der Waals surface area contributed by atoms with Gasteiger partial charge >= 0.3 is 0 Å². The smallest absolute Gasteiger partial charge is 0.221 e. The number of aryl methyl sites for hydroxylation is 1. The van der Waals surface area contributed by atoms with Crippen molar-refractivity contribution in [2.45, 2.75) is 25.8 Å². The minimum atomic E-state index is -0.172. The predicted molar refractivity (Wildman–Crippen MR) is 81.8 cm³/mol. The molecule has 3 nitrogen and oxygen atoms in total. The molecule has 1 aliphatic rings. The fraction of sp³-hybridized carbons (Fsp3) is 0.235. The van der Waals surface area contributed by atoms with Gasteiger partial charge in [-0.25, -0.2) is 4.39 Å². The molecule has 0 saturated heterocycles. The second kappa shape index (κ2) is 5.56. The van der Waals surface area contributed by atoms with Gasteiger partial charge in [0, 0.05) is 18.3 Å². The number of benzene rings is 2. The highest BCUT2D eigenvalue weighted by Gasteiger charge is 2.22. The Labute approximate surface area is 123 Å². The predicted octanol–water partition coefficient (Wildman–Crippen LogP) is 3.88. The minimum Gasteiger partial charge on any atom is -0.378 e. The fourth-order valence-corrected chi connectivity index (χ4v) is 2.79. The lowest BCUT2D eigenvalue weighted by Gasteiger charge is -2.16. The van der Waals surface area contributed by atoms with Gasteiger partial charge in [-0.15, -0.1) is 0 Å². The molecule has 2 aromatic carbocycles. The lowest BCUT2D eigenvalue weighted by molar-refractivity contribution is -0.114. The highest BCUT2D eigenvalue weighted by molar-refractivity contribution is 5.88. The molecule has 3 rings (SSSR count). The van der Waals surface area contributed by atoms with Gasteiger partial charge in [0.05, 0.1) is 6.04 Å². The Morgan fingerprint density at radius 1 is 1.14 bits per heavy atom. The van der Waals surface area contributed by atoms with Crippen molar-refractivity contribution in [3.63, 3.8) is 0 Å². The number of amides is 1. The summed E-state index contributed by atoms with van der Waals surface area (Å²) in [7, 11) is 0. The first-order valence-corrected chi connectivity index (χ1v) is 7.04. The van der Waals surface area contributed by atoms with E-state index in [0.717, 1.165) is 29.8 Å². The zero-order chi connectivity index (χ0) is 14.8. The lowest BCUT2D eigenvalue weighted by Crippen LogP contribution is -2.08. The number of carbonyl (C=O) groups excluding carboxylic acids is 1. The molecule has 0 spiro atoms. The maximum absolute atomic E-state index is 13.2. The van der Waals surface area contributed by atoms with Crippen LogP contribution in [0.1, 0.15) is 30.5 Å². The van der Waals surface area contributed by atoms with Crippen LogP contribution in [0.4, 0.5) is 15.8 Å². The third-order valence-corrected chi connectivity index (χ3v) is 3.73. The fourth-order valence-electron chi connectivity index (χ4n) is 2.79. The molecule has 0 heterocycles. The Hall–Kier alpha value is -2.36. The number of carbonyl (C=O) groups is 1. The van der Waals surface area contributed by atoms with Crippen LogP contribution in [0.5, 0.6) is 0 Å². The minimum absolute atomic E-state index is 0.0811. The van der Waals surface area contributed by atoms with E-state index in [1.165, 1.54) is 18.6 Å². The summed E-state index contributed by atoms with van der Waals surface area (Å²) >= 11 is 0. The largest absolute Gasteiger partial charge is 0.378 e. The third-order valence-electron chi connectivity index (χ3n) is 3.73. The Morgan fingerprint density at radius 3 is 2.57 bits per heavy atom. The SMILES string of the molecule is CC(=O)Nc1ccc(NC2CCc3cc(F)ccc32)cc1. The molecular weight excluding hydrogens is 267 g/mol. The van der Waals surface area contributed by atoms with E-state index in [1.54, 1.807) is 6.07 Å². The van der Waals surface area contributed by atoms with E-state index >= 15 is 0 Å². The number of nitrogens with one attached hydrogen (secondary N) is 2. The van der Waals surface area contributed by atoms with Gasteiger partial charge in [-0.3, -0.25) is 4.79 Å². The first-order valence-electron chi connectivity index (χ1n) is 7.04. The van der Waals surface area contributed by atoms with Gasteiger partial charge in [0.2, 0.25) is 5.91 Å². The molecule has 2 aromatic rings. The molecule has 1 aliphatic carbocycles. The van der Waals surface area contributed by atoms with Gasteiger partial charge in [0.25, 0.3) is 0 Å². The van der Waals surface area contributed by atoms with Crippen LogP contribution in [0.3, 0.4) is 0 Å². The van der Waals surface area contributed by atoms with E-state index in [-0.39, 0.29) is 17.8 Å². The molecule has 4 heteroatoms. The van der Waals surface area contributed by atoms with Crippen molar-refractivity contribution in [3.8, 4) is 0 Å². The summed E-state index contributed by atoms with van der Waals surface area (Å²) in [4.78, 5) is 11.0. The van der Waals surface area contributed by atoms with Gasteiger partial charge in [0.1, 0.15) is 5.82 Å². The normalized spacial score (nSPS) is 16.4. The number of rotatable bonds is 3. The number of fused-ring (bicyclic) bond motifs is 1. The average Bonchev–Trinajstić information content (AvgIpc) is 2.83. The van der Waals surface area contributed by atoms with Gasteiger partial charge in [-0.05, 0) is 60.4 Å². The summed E-state index contributed by atoms with van der Waals surface area (Å²) in [5.41, 5.74) is 4.03. The summed E-state index contributed by atoms with van der Waals surface area (Å²) in [6, 6.07) is 12.8. The van der Waals surface area contributed by atoms with Crippen molar-refractivity contribution < 1.29 is 9.18 Å². The topological polar surface area (TPSA) is 41.1 Å². The molecule has 0 bridgehead atoms. The van der Waals surface area contributed by atoms with Crippen LogP contribution in [0.15, 0.2) is 42.5 Å². The summed E-state index contributed by atoms with van der Waals surface area (Å²) in [6.07, 6.45) is 1.86. The Bertz CT molecular complexity index is 667. The average molecular weight is 284 g/mol. The molecule has 108 valence electrons. The highest BCUT2D eigenvalue weighted by Crippen LogP contribution is 2.34. The monoisotopic (exact) mass is 284 g/mol. The van der Waals surface area contributed by atoms with Gasteiger partial charge in [-0.1, -0.05) is 6.07 Å². The second-order valence-electron chi connectivity index (χ2n) is 5.34. The van der Waals surface area contributed by atoms with Gasteiger partial charge in [0.15, 0.2) is 0 Å². The molecule has 1 amide bonds. The molecule has 0 fully saturated rings. The molecular formula is C17H17FN2O. The molecule has 0 aliphatic heterocycles. The maximum Gasteiger partial charge on any atom is 0.221 e. The summed E-state index contributed by atoms with van der Waals surface area (Å²) in [5.74, 6) is -0.253. The lowest BCUT2D eigenvalue weighted by atomic mass is 10.1. The Kier molecular flexibility index (Phi) is 3.60. The van der Waals surface area contributed by atoms with E-state index < -0.39 is 0 Å². The second-order valence-corrected chi connectivity index (χ2v) is 5.34. The van der Waals surface area contributed by atoms with Gasteiger partial charge < -0.3 is 10.6 Å². The van der Waals surface area contributed by atoms with E-state index in [9.17, 15) is 9.18 Å². The van der Waals surface area contributed by atoms with Crippen molar-refractivity contribution in [1.29, 1.82) is 0 Å². The summed E-state index contributed by atoms with van der Waals surface area (Å²) in [6.45, 7) is 1.49. The van der Waals surface area contributed by atoms with Crippen molar-refractivity contribution in [2.24, 2.45) is 0 Å². The molecule has 2 N–H and O–H groups in total. The van der Waals surface area contributed by atoms with Crippen molar-refractivity contribution >= 4 is 17.3 Å². The van der Waals surface area contributed by atoms with Crippen molar-refractivity contribution in [1.82, 2.24) is 0 Å². The molecule has 0 radical (unpaired) electrons. The molecule has 1 atom stereocenters. The van der Waals surface area contributed by atoms with E-state index in [4.69, 9.17) is 0 Å². The Morgan fingerprint density at radius 2 is 1.86 bits per heavy atom. The van der Waals surface area contributed by atoms with E-state index in [0.29, 0.717) is 0 Å². The highest BCUT2D eigenvalue weighted by atomic mass is 19.1. The van der Waals surface area contributed by atoms with E-state index in [2.05, 4.69) is 10.6 Å². The first kappa shape index (κ1) is 13.6. The number of hydrogen-bond donors (Lipinski definition) is 2. The standard InChI is InChI=1S/C17H17FN2O/c1-11(21)19-14-4-6-15(7-5-14)20-17-9-2-12-10-13(18)3-8-16(12)17/h3-8,10,17,20H,2,9H2,1H3,(H,19,21). The molecule has 0 saturated carbocycles. The summed E-state index contributed by atoms with van der Waals surface area (Å²) in [5, 5.41) is 6.20. The number of hydrogen-bond acceptors (Lipinski definition) is 2. The zero-order valence-corrected chi connectivity index (χ0v) is 11.8. The zero-order valence-electron chi connectivity index (χ0n) is 11.8.